The van der Waals surface area contributed by atoms with Gasteiger partial charge in [0.1, 0.15) is 0 Å². The van der Waals surface area contributed by atoms with E-state index < -0.39 is 6.10 Å². The van der Waals surface area contributed by atoms with Crippen LogP contribution in [-0.4, -0.2) is 20.3 Å². The van der Waals surface area contributed by atoms with Gasteiger partial charge in [-0.05, 0) is 5.41 Å². The average Bonchev–Trinajstić information content (AvgIpc) is 2.34. The van der Waals surface area contributed by atoms with E-state index in [1.54, 1.807) is 19.4 Å². The normalized spacial score (nSPS) is 14.4. The van der Waals surface area contributed by atoms with Gasteiger partial charge in [0.15, 0.2) is 0 Å². The van der Waals surface area contributed by atoms with E-state index in [-0.39, 0.29) is 11.1 Å². The number of hydrogen-bond acceptors (Lipinski definition) is 2. The van der Waals surface area contributed by atoms with Crippen LogP contribution in [0.1, 0.15) is 20.8 Å². The van der Waals surface area contributed by atoms with Crippen molar-refractivity contribution in [2.45, 2.75) is 33.4 Å². The summed E-state index contributed by atoms with van der Waals surface area (Å²) >= 11 is 0. The fraction of sp³-hybridized carbons (Fsp3) is 0.700. The first-order chi connectivity index (χ1) is 6.32. The summed E-state index contributed by atoms with van der Waals surface area (Å²) in [5, 5.41) is 9.80. The molecule has 4 heteroatoms. The van der Waals surface area contributed by atoms with E-state index in [0.29, 0.717) is 6.54 Å². The van der Waals surface area contributed by atoms with Gasteiger partial charge in [0, 0.05) is 19.4 Å². The fourth-order valence-corrected chi connectivity index (χ4v) is 1.11. The summed E-state index contributed by atoms with van der Waals surface area (Å²) in [4.78, 5) is 11.4. The quantitative estimate of drug-likeness (QED) is 0.756. The minimum Gasteiger partial charge on any atom is -0.391 e. The molecule has 1 aromatic rings. The van der Waals surface area contributed by atoms with E-state index in [1.807, 2.05) is 20.8 Å². The molecule has 1 N–H and O–H groups in total. The van der Waals surface area contributed by atoms with Crippen LogP contribution >= 0.6 is 0 Å². The number of aliphatic hydroxyl groups excluding tert-OH is 1. The lowest BCUT2D eigenvalue weighted by atomic mass is 9.89. The fourth-order valence-electron chi connectivity index (χ4n) is 1.11. The van der Waals surface area contributed by atoms with Crippen LogP contribution in [0.25, 0.3) is 0 Å². The van der Waals surface area contributed by atoms with E-state index in [9.17, 15) is 9.90 Å². The second kappa shape index (κ2) is 3.61. The average molecular weight is 198 g/mol. The zero-order chi connectivity index (χ0) is 10.9. The van der Waals surface area contributed by atoms with Crippen molar-refractivity contribution in [3.8, 4) is 0 Å². The Labute approximate surface area is 83.8 Å². The van der Waals surface area contributed by atoms with Gasteiger partial charge >= 0.3 is 5.69 Å². The molecule has 0 aliphatic rings. The highest BCUT2D eigenvalue weighted by Crippen LogP contribution is 2.19. The zero-order valence-electron chi connectivity index (χ0n) is 9.19. The molecule has 0 aliphatic carbocycles. The van der Waals surface area contributed by atoms with Crippen molar-refractivity contribution in [2.75, 3.05) is 0 Å². The summed E-state index contributed by atoms with van der Waals surface area (Å²) in [6, 6.07) is 0. The second-order valence-corrected chi connectivity index (χ2v) is 4.73. The Balaban J connectivity index is 2.80. The molecule has 0 radical (unpaired) electrons. The van der Waals surface area contributed by atoms with Crippen LogP contribution in [0.2, 0.25) is 0 Å². The summed E-state index contributed by atoms with van der Waals surface area (Å²) in [7, 11) is 1.70. The Morgan fingerprint density at radius 3 is 2.36 bits per heavy atom. The Morgan fingerprint density at radius 2 is 2.00 bits per heavy atom. The Kier molecular flexibility index (Phi) is 2.85. The largest absolute Gasteiger partial charge is 0.391 e. The summed E-state index contributed by atoms with van der Waals surface area (Å²) in [6.07, 6.45) is 2.87. The van der Waals surface area contributed by atoms with Crippen LogP contribution < -0.4 is 5.69 Å². The molecule has 1 rings (SSSR count). The molecule has 1 aromatic heterocycles. The van der Waals surface area contributed by atoms with E-state index in [0.717, 1.165) is 0 Å². The third-order valence-electron chi connectivity index (χ3n) is 2.39. The molecule has 0 amide bonds. The molecule has 0 aliphatic heterocycles. The van der Waals surface area contributed by atoms with Gasteiger partial charge in [0.2, 0.25) is 0 Å². The van der Waals surface area contributed by atoms with Crippen LogP contribution in [0, 0.1) is 5.41 Å². The molecule has 0 saturated carbocycles. The summed E-state index contributed by atoms with van der Waals surface area (Å²) in [5.41, 5.74) is -0.289. The second-order valence-electron chi connectivity index (χ2n) is 4.73. The summed E-state index contributed by atoms with van der Waals surface area (Å²) in [6.45, 7) is 6.20. The third-order valence-corrected chi connectivity index (χ3v) is 2.39. The highest BCUT2D eigenvalue weighted by atomic mass is 16.3. The van der Waals surface area contributed by atoms with Gasteiger partial charge < -0.3 is 9.67 Å². The summed E-state index contributed by atoms with van der Waals surface area (Å²) < 4.78 is 3.02. The minimum absolute atomic E-state index is 0.0895. The maximum Gasteiger partial charge on any atom is 0.327 e. The first-order valence-electron chi connectivity index (χ1n) is 4.72. The molecular formula is C10H18N2O2. The Hall–Kier alpha value is -1.03. The minimum atomic E-state index is -0.511. The number of nitrogens with zero attached hydrogens (tertiary/aromatic N) is 2. The number of hydrogen-bond donors (Lipinski definition) is 1. The van der Waals surface area contributed by atoms with Gasteiger partial charge in [-0.25, -0.2) is 4.79 Å². The van der Waals surface area contributed by atoms with Crippen molar-refractivity contribution >= 4 is 0 Å². The zero-order valence-corrected chi connectivity index (χ0v) is 9.19. The van der Waals surface area contributed by atoms with Crippen LogP contribution in [0.5, 0.6) is 0 Å². The first kappa shape index (κ1) is 11.0. The summed E-state index contributed by atoms with van der Waals surface area (Å²) in [5.74, 6) is 0. The van der Waals surface area contributed by atoms with E-state index >= 15 is 0 Å². The molecular weight excluding hydrogens is 180 g/mol. The standard InChI is InChI=1S/C10H18N2O2/c1-10(2,3)8(13)7-12-6-5-11(4)9(12)14/h5-6,8,13H,7H2,1-4H3. The number of rotatable bonds is 2. The topological polar surface area (TPSA) is 47.2 Å². The SMILES string of the molecule is Cn1ccn(CC(O)C(C)(C)C)c1=O. The van der Waals surface area contributed by atoms with Gasteiger partial charge in [0.05, 0.1) is 12.6 Å². The van der Waals surface area contributed by atoms with Crippen molar-refractivity contribution < 1.29 is 5.11 Å². The molecule has 0 bridgehead atoms. The highest BCUT2D eigenvalue weighted by Gasteiger charge is 2.22. The molecule has 4 nitrogen and oxygen atoms in total. The lowest BCUT2D eigenvalue weighted by Gasteiger charge is -2.25. The molecule has 14 heavy (non-hydrogen) atoms. The van der Waals surface area contributed by atoms with Crippen molar-refractivity contribution in [3.05, 3.63) is 22.9 Å². The van der Waals surface area contributed by atoms with Gasteiger partial charge in [-0.3, -0.25) is 4.57 Å². The van der Waals surface area contributed by atoms with Crippen LogP contribution in [0.4, 0.5) is 0 Å². The monoisotopic (exact) mass is 198 g/mol. The van der Waals surface area contributed by atoms with Gasteiger partial charge in [-0.2, -0.15) is 0 Å². The smallest absolute Gasteiger partial charge is 0.327 e. The molecule has 0 fully saturated rings. The Bertz CT molecular complexity index is 357. The molecule has 1 heterocycles. The van der Waals surface area contributed by atoms with Crippen molar-refractivity contribution in [1.29, 1.82) is 0 Å². The van der Waals surface area contributed by atoms with Gasteiger partial charge in [-0.15, -0.1) is 0 Å². The molecule has 1 unspecified atom stereocenters. The number of imidazole rings is 1. The number of aryl methyl sites for hydroxylation is 1. The lowest BCUT2D eigenvalue weighted by molar-refractivity contribution is 0.0472. The molecule has 0 spiro atoms. The van der Waals surface area contributed by atoms with Gasteiger partial charge in [0.25, 0.3) is 0 Å². The predicted molar refractivity (Wildman–Crippen MR) is 55.1 cm³/mol. The predicted octanol–water partition coefficient (Wildman–Crippen LogP) is 0.594. The first-order valence-corrected chi connectivity index (χ1v) is 4.72. The van der Waals surface area contributed by atoms with E-state index in [2.05, 4.69) is 0 Å². The maximum absolute atomic E-state index is 11.4. The van der Waals surface area contributed by atoms with E-state index in [4.69, 9.17) is 0 Å². The number of aromatic nitrogens is 2. The van der Waals surface area contributed by atoms with Crippen molar-refractivity contribution in [1.82, 2.24) is 9.13 Å². The molecule has 0 aromatic carbocycles. The van der Waals surface area contributed by atoms with Crippen molar-refractivity contribution in [3.63, 3.8) is 0 Å². The molecule has 0 saturated heterocycles. The highest BCUT2D eigenvalue weighted by molar-refractivity contribution is 4.83. The van der Waals surface area contributed by atoms with Crippen LogP contribution in [-0.2, 0) is 13.6 Å². The number of aliphatic hydroxyl groups is 1. The van der Waals surface area contributed by atoms with Crippen LogP contribution in [0.15, 0.2) is 17.2 Å². The molecule has 80 valence electrons. The Morgan fingerprint density at radius 1 is 1.43 bits per heavy atom. The van der Waals surface area contributed by atoms with Crippen molar-refractivity contribution in [2.24, 2.45) is 12.5 Å². The third kappa shape index (κ3) is 2.26. The molecule has 1 atom stereocenters. The van der Waals surface area contributed by atoms with E-state index in [1.165, 1.54) is 9.13 Å². The van der Waals surface area contributed by atoms with Crippen LogP contribution in [0.3, 0.4) is 0 Å². The lowest BCUT2D eigenvalue weighted by Crippen LogP contribution is -2.34. The maximum atomic E-state index is 11.4. The van der Waals surface area contributed by atoms with Gasteiger partial charge in [-0.1, -0.05) is 20.8 Å².